The van der Waals surface area contributed by atoms with Crippen molar-refractivity contribution in [3.63, 3.8) is 0 Å². The Kier molecular flexibility index (Phi) is 5.68. The monoisotopic (exact) mass is 371 g/mol. The van der Waals surface area contributed by atoms with E-state index in [1.165, 1.54) is 11.3 Å². The van der Waals surface area contributed by atoms with Gasteiger partial charge in [-0.2, -0.15) is 0 Å². The number of benzene rings is 2. The average Bonchev–Trinajstić information content (AvgIpc) is 3.03. The van der Waals surface area contributed by atoms with Crippen molar-refractivity contribution in [2.75, 3.05) is 17.2 Å². The van der Waals surface area contributed by atoms with Gasteiger partial charge in [-0.25, -0.2) is 4.98 Å². The molecule has 0 atom stereocenters. The number of hydrogen-bond acceptors (Lipinski definition) is 4. The van der Waals surface area contributed by atoms with E-state index in [1.54, 1.807) is 6.20 Å². The lowest BCUT2D eigenvalue weighted by Crippen LogP contribution is -2.21. The molecule has 3 rings (SSSR count). The molecule has 6 heteroatoms. The third-order valence-corrected chi connectivity index (χ3v) is 4.84. The fraction of sp³-hybridized carbons (Fsp3) is 0.158. The van der Waals surface area contributed by atoms with Crippen molar-refractivity contribution in [2.24, 2.45) is 0 Å². The predicted octanol–water partition coefficient (Wildman–Crippen LogP) is 4.75. The van der Waals surface area contributed by atoms with Crippen LogP contribution in [0.1, 0.15) is 16.0 Å². The first-order valence-corrected chi connectivity index (χ1v) is 9.08. The number of nitrogens with zero attached hydrogens (tertiary/aromatic N) is 1. The SMILES string of the molecule is Cc1ccccc1NCC(=O)Nc1ncc(Cc2ccc(Cl)cc2)s1. The van der Waals surface area contributed by atoms with Crippen LogP contribution in [-0.4, -0.2) is 17.4 Å². The molecule has 0 aliphatic heterocycles. The fourth-order valence-electron chi connectivity index (χ4n) is 2.36. The van der Waals surface area contributed by atoms with Crippen LogP contribution in [0, 0.1) is 6.92 Å². The van der Waals surface area contributed by atoms with Crippen molar-refractivity contribution >= 4 is 39.7 Å². The zero-order valence-electron chi connectivity index (χ0n) is 13.8. The van der Waals surface area contributed by atoms with Crippen LogP contribution in [0.4, 0.5) is 10.8 Å². The minimum absolute atomic E-state index is 0.115. The molecule has 0 saturated carbocycles. The van der Waals surface area contributed by atoms with E-state index in [0.29, 0.717) is 5.13 Å². The Morgan fingerprint density at radius 2 is 1.92 bits per heavy atom. The Morgan fingerprint density at radius 1 is 1.16 bits per heavy atom. The number of carbonyl (C=O) groups excluding carboxylic acids is 1. The van der Waals surface area contributed by atoms with Gasteiger partial charge in [0.15, 0.2) is 5.13 Å². The summed E-state index contributed by atoms with van der Waals surface area (Å²) >= 11 is 7.38. The van der Waals surface area contributed by atoms with Gasteiger partial charge in [-0.05, 0) is 36.2 Å². The van der Waals surface area contributed by atoms with Gasteiger partial charge >= 0.3 is 0 Å². The Morgan fingerprint density at radius 3 is 2.68 bits per heavy atom. The predicted molar refractivity (Wildman–Crippen MR) is 105 cm³/mol. The zero-order valence-corrected chi connectivity index (χ0v) is 15.3. The molecule has 0 radical (unpaired) electrons. The summed E-state index contributed by atoms with van der Waals surface area (Å²) in [6.45, 7) is 2.21. The largest absolute Gasteiger partial charge is 0.376 e. The molecule has 0 bridgehead atoms. The molecule has 0 aliphatic carbocycles. The molecule has 2 aromatic carbocycles. The number of nitrogens with one attached hydrogen (secondary N) is 2. The first-order chi connectivity index (χ1) is 12.1. The van der Waals surface area contributed by atoms with Crippen molar-refractivity contribution < 1.29 is 4.79 Å². The maximum Gasteiger partial charge on any atom is 0.245 e. The maximum absolute atomic E-state index is 12.1. The van der Waals surface area contributed by atoms with Crippen LogP contribution >= 0.6 is 22.9 Å². The van der Waals surface area contributed by atoms with Crippen LogP contribution in [0.15, 0.2) is 54.7 Å². The van der Waals surface area contributed by atoms with Gasteiger partial charge in [0.2, 0.25) is 5.91 Å². The van der Waals surface area contributed by atoms with E-state index < -0.39 is 0 Å². The fourth-order valence-corrected chi connectivity index (χ4v) is 3.35. The summed E-state index contributed by atoms with van der Waals surface area (Å²) in [4.78, 5) is 17.4. The summed E-state index contributed by atoms with van der Waals surface area (Å²) in [7, 11) is 0. The summed E-state index contributed by atoms with van der Waals surface area (Å²) < 4.78 is 0. The Labute approximate surface area is 155 Å². The lowest BCUT2D eigenvalue weighted by Gasteiger charge is -2.08. The number of anilines is 2. The maximum atomic E-state index is 12.1. The lowest BCUT2D eigenvalue weighted by atomic mass is 10.1. The number of aromatic nitrogens is 1. The van der Waals surface area contributed by atoms with E-state index in [0.717, 1.165) is 33.1 Å². The molecule has 3 aromatic rings. The van der Waals surface area contributed by atoms with Gasteiger partial charge in [0, 0.05) is 28.2 Å². The van der Waals surface area contributed by atoms with Crippen molar-refractivity contribution in [3.05, 3.63) is 75.8 Å². The van der Waals surface area contributed by atoms with Crippen LogP contribution in [0.3, 0.4) is 0 Å². The molecule has 4 nitrogen and oxygen atoms in total. The van der Waals surface area contributed by atoms with E-state index in [-0.39, 0.29) is 12.5 Å². The third-order valence-electron chi connectivity index (χ3n) is 3.68. The topological polar surface area (TPSA) is 54.0 Å². The number of carbonyl (C=O) groups is 1. The minimum atomic E-state index is -0.115. The summed E-state index contributed by atoms with van der Waals surface area (Å²) in [5.74, 6) is -0.115. The molecule has 128 valence electrons. The van der Waals surface area contributed by atoms with Crippen LogP contribution < -0.4 is 10.6 Å². The number of para-hydroxylation sites is 1. The van der Waals surface area contributed by atoms with Gasteiger partial charge in [0.25, 0.3) is 0 Å². The Bertz CT molecular complexity index is 861. The van der Waals surface area contributed by atoms with Gasteiger partial charge in [-0.3, -0.25) is 4.79 Å². The normalized spacial score (nSPS) is 10.5. The molecule has 2 N–H and O–H groups in total. The first kappa shape index (κ1) is 17.5. The third kappa shape index (κ3) is 5.05. The molecule has 0 aliphatic rings. The lowest BCUT2D eigenvalue weighted by molar-refractivity contribution is -0.114. The van der Waals surface area contributed by atoms with Crippen molar-refractivity contribution in [2.45, 2.75) is 13.3 Å². The van der Waals surface area contributed by atoms with Gasteiger partial charge in [0.1, 0.15) is 0 Å². The number of halogens is 1. The van der Waals surface area contributed by atoms with E-state index in [9.17, 15) is 4.79 Å². The second kappa shape index (κ2) is 8.14. The molecule has 0 spiro atoms. The van der Waals surface area contributed by atoms with Gasteiger partial charge in [-0.15, -0.1) is 11.3 Å². The highest BCUT2D eigenvalue weighted by atomic mass is 35.5. The summed E-state index contributed by atoms with van der Waals surface area (Å²) in [6.07, 6.45) is 2.57. The molecule has 0 fully saturated rings. The Hall–Kier alpha value is -2.37. The number of hydrogen-bond donors (Lipinski definition) is 2. The first-order valence-electron chi connectivity index (χ1n) is 7.88. The number of rotatable bonds is 6. The second-order valence-corrected chi connectivity index (χ2v) is 7.20. The van der Waals surface area contributed by atoms with Crippen molar-refractivity contribution in [3.8, 4) is 0 Å². The molecule has 0 unspecified atom stereocenters. The van der Waals surface area contributed by atoms with Crippen LogP contribution in [0.2, 0.25) is 5.02 Å². The molecular weight excluding hydrogens is 354 g/mol. The summed E-state index contributed by atoms with van der Waals surface area (Å²) in [6, 6.07) is 15.6. The number of amides is 1. The van der Waals surface area contributed by atoms with Crippen LogP contribution in [0.5, 0.6) is 0 Å². The molecule has 25 heavy (non-hydrogen) atoms. The van der Waals surface area contributed by atoms with Crippen LogP contribution in [0.25, 0.3) is 0 Å². The molecule has 1 heterocycles. The highest BCUT2D eigenvalue weighted by Crippen LogP contribution is 2.22. The second-order valence-electron chi connectivity index (χ2n) is 5.65. The smallest absolute Gasteiger partial charge is 0.245 e. The summed E-state index contributed by atoms with van der Waals surface area (Å²) in [5, 5.41) is 7.30. The molecule has 0 saturated heterocycles. The molecule has 1 amide bonds. The zero-order chi connectivity index (χ0) is 17.6. The van der Waals surface area contributed by atoms with Crippen LogP contribution in [-0.2, 0) is 11.2 Å². The van der Waals surface area contributed by atoms with E-state index >= 15 is 0 Å². The van der Waals surface area contributed by atoms with E-state index in [1.807, 2.05) is 55.5 Å². The molecule has 1 aromatic heterocycles. The molecular formula is C19H18ClN3OS. The van der Waals surface area contributed by atoms with E-state index in [2.05, 4.69) is 15.6 Å². The van der Waals surface area contributed by atoms with Gasteiger partial charge < -0.3 is 10.6 Å². The summed E-state index contributed by atoms with van der Waals surface area (Å²) in [5.41, 5.74) is 3.22. The minimum Gasteiger partial charge on any atom is -0.376 e. The van der Waals surface area contributed by atoms with Crippen molar-refractivity contribution in [1.82, 2.24) is 4.98 Å². The average molecular weight is 372 g/mol. The van der Waals surface area contributed by atoms with Gasteiger partial charge in [0.05, 0.1) is 6.54 Å². The van der Waals surface area contributed by atoms with Gasteiger partial charge in [-0.1, -0.05) is 41.9 Å². The Balaban J connectivity index is 1.53. The van der Waals surface area contributed by atoms with E-state index in [4.69, 9.17) is 11.6 Å². The highest BCUT2D eigenvalue weighted by molar-refractivity contribution is 7.15. The number of aryl methyl sites for hydroxylation is 1. The van der Waals surface area contributed by atoms with Crippen molar-refractivity contribution in [1.29, 1.82) is 0 Å². The highest BCUT2D eigenvalue weighted by Gasteiger charge is 2.08. The quantitative estimate of drug-likeness (QED) is 0.657. The standard InChI is InChI=1S/C19H18ClN3OS/c1-13-4-2-3-5-17(13)21-12-18(24)23-19-22-11-16(25-19)10-14-6-8-15(20)9-7-14/h2-9,11,21H,10,12H2,1H3,(H,22,23,24). The number of thiazole rings is 1.